The van der Waals surface area contributed by atoms with Crippen LogP contribution in [0.1, 0.15) is 6.99 Å². The molecule has 72 valence electrons. The summed E-state index contributed by atoms with van der Waals surface area (Å²) >= 11 is 0. The molecule has 1 heterocycles. The van der Waals surface area contributed by atoms with Crippen LogP contribution in [0.2, 0.25) is 0 Å². The normalized spacial score (nSPS) is 15.2. The van der Waals surface area contributed by atoms with Crippen LogP contribution in [0.4, 0.5) is 5.69 Å². The Morgan fingerprint density at radius 1 is 1.46 bits per heavy atom. The second-order valence-corrected chi connectivity index (χ2v) is 5.28. The lowest BCUT2D eigenvalue weighted by atomic mass is 10.2. The molecule has 0 amide bonds. The van der Waals surface area contributed by atoms with Crippen molar-refractivity contribution >= 4 is 15.5 Å². The molecule has 0 bridgehead atoms. The molecule has 0 unspecified atom stereocenters. The molecule has 0 radical (unpaired) electrons. The maximum absolute atomic E-state index is 11.2. The molecule has 4 heteroatoms. The number of benzene rings is 1. The summed E-state index contributed by atoms with van der Waals surface area (Å²) in [7, 11) is -3.06. The summed E-state index contributed by atoms with van der Waals surface area (Å²) in [5, 5.41) is 3.15. The smallest absolute Gasteiger partial charge is 0.175 e. The average Bonchev–Trinajstić information content (AvgIpc) is 2.47. The summed E-state index contributed by atoms with van der Waals surface area (Å²) in [5.41, 5.74) is 2.16. The van der Waals surface area contributed by atoms with E-state index >= 15 is 0 Å². The molecular weight excluding hydrogens is 186 g/mol. The van der Waals surface area contributed by atoms with Crippen LogP contribution < -0.4 is 5.32 Å². The van der Waals surface area contributed by atoms with E-state index in [4.69, 9.17) is 0 Å². The molecule has 1 aromatic rings. The first kappa shape index (κ1) is 8.56. The quantitative estimate of drug-likeness (QED) is 0.741. The van der Waals surface area contributed by atoms with Gasteiger partial charge in [0.1, 0.15) is 0 Å². The van der Waals surface area contributed by atoms with Crippen LogP contribution in [0.25, 0.3) is 0 Å². The molecule has 2 rings (SSSR count). The van der Waals surface area contributed by atoms with E-state index in [1.165, 1.54) is 11.8 Å². The predicted octanol–water partition coefficient (Wildman–Crippen LogP) is 1.30. The first-order valence-corrected chi connectivity index (χ1v) is 6.03. The van der Waals surface area contributed by atoms with Crippen molar-refractivity contribution < 1.29 is 9.84 Å². The fourth-order valence-corrected chi connectivity index (χ4v) is 2.15. The minimum atomic E-state index is -3.06. The number of anilines is 1. The van der Waals surface area contributed by atoms with Crippen molar-refractivity contribution in [1.82, 2.24) is 0 Å². The number of hydrogen-bond donors (Lipinski definition) is 1. The molecule has 1 aromatic carbocycles. The zero-order chi connectivity index (χ0) is 9.47. The molecule has 1 aliphatic rings. The van der Waals surface area contributed by atoms with E-state index in [1.54, 1.807) is 12.1 Å². The monoisotopic (exact) mass is 199 g/mol. The van der Waals surface area contributed by atoms with Gasteiger partial charge >= 0.3 is 0 Å². The maximum atomic E-state index is 11.2. The SMILES string of the molecule is CS(=O)(=O)c1ccc2c(c1)NCC2.[HH]. The fraction of sp³-hybridized carbons (Fsp3) is 0.333. The highest BCUT2D eigenvalue weighted by Gasteiger charge is 2.13. The van der Waals surface area contributed by atoms with E-state index in [0.29, 0.717) is 4.90 Å². The zero-order valence-corrected chi connectivity index (χ0v) is 8.19. The molecular formula is C9H13NO2S. The van der Waals surface area contributed by atoms with Crippen LogP contribution in [0, 0.1) is 0 Å². The third-order valence-corrected chi connectivity index (χ3v) is 3.33. The fourth-order valence-electron chi connectivity index (χ4n) is 1.50. The van der Waals surface area contributed by atoms with E-state index in [9.17, 15) is 8.42 Å². The van der Waals surface area contributed by atoms with E-state index in [1.807, 2.05) is 6.07 Å². The van der Waals surface area contributed by atoms with E-state index in [-0.39, 0.29) is 1.43 Å². The van der Waals surface area contributed by atoms with E-state index < -0.39 is 9.84 Å². The molecule has 0 saturated carbocycles. The minimum Gasteiger partial charge on any atom is -0.384 e. The standard InChI is InChI=1S/C9H11NO2S.H2/c1-13(11,12)8-3-2-7-4-5-10-9(7)6-8;/h2-3,6,10H,4-5H2,1H3;1H. The Labute approximate surface area is 79.2 Å². The highest BCUT2D eigenvalue weighted by molar-refractivity contribution is 7.90. The summed E-state index contributed by atoms with van der Waals surface area (Å²) in [6.07, 6.45) is 2.21. The van der Waals surface area contributed by atoms with Gasteiger partial charge in [0.05, 0.1) is 4.90 Å². The Hall–Kier alpha value is -1.03. The summed E-state index contributed by atoms with van der Waals surface area (Å²) in [6, 6.07) is 5.25. The van der Waals surface area contributed by atoms with Gasteiger partial charge in [0.15, 0.2) is 9.84 Å². The van der Waals surface area contributed by atoms with Gasteiger partial charge in [-0.05, 0) is 24.1 Å². The second kappa shape index (κ2) is 2.73. The lowest BCUT2D eigenvalue weighted by Gasteiger charge is -2.02. The molecule has 0 spiro atoms. The Morgan fingerprint density at radius 3 is 2.92 bits per heavy atom. The van der Waals surface area contributed by atoms with Crippen LogP contribution in [0.3, 0.4) is 0 Å². The van der Waals surface area contributed by atoms with Crippen LogP contribution in [-0.2, 0) is 16.3 Å². The largest absolute Gasteiger partial charge is 0.384 e. The number of sulfone groups is 1. The first-order chi connectivity index (χ1) is 6.07. The number of rotatable bonds is 1. The zero-order valence-electron chi connectivity index (χ0n) is 7.37. The van der Waals surface area contributed by atoms with Gasteiger partial charge in [0.25, 0.3) is 0 Å². The number of fused-ring (bicyclic) bond motifs is 1. The summed E-state index contributed by atoms with van der Waals surface area (Å²) in [5.74, 6) is 0. The highest BCUT2D eigenvalue weighted by Crippen LogP contribution is 2.24. The lowest BCUT2D eigenvalue weighted by Crippen LogP contribution is -1.98. The van der Waals surface area contributed by atoms with Crippen LogP contribution in [-0.4, -0.2) is 21.2 Å². The van der Waals surface area contributed by atoms with Crippen molar-refractivity contribution in [2.45, 2.75) is 11.3 Å². The molecule has 1 N–H and O–H groups in total. The molecule has 0 fully saturated rings. The number of nitrogens with one attached hydrogen (secondary N) is 1. The van der Waals surface area contributed by atoms with Gasteiger partial charge in [0.2, 0.25) is 0 Å². The molecule has 0 aromatic heterocycles. The average molecular weight is 199 g/mol. The molecule has 1 aliphatic heterocycles. The van der Waals surface area contributed by atoms with Crippen molar-refractivity contribution in [2.75, 3.05) is 18.1 Å². The van der Waals surface area contributed by atoms with Gasteiger partial charge in [-0.2, -0.15) is 0 Å². The Bertz CT molecular complexity index is 442. The molecule has 0 saturated heterocycles. The van der Waals surface area contributed by atoms with Gasteiger partial charge in [-0.1, -0.05) is 6.07 Å². The van der Waals surface area contributed by atoms with Gasteiger partial charge < -0.3 is 5.32 Å². The Morgan fingerprint density at radius 2 is 2.23 bits per heavy atom. The second-order valence-electron chi connectivity index (χ2n) is 3.27. The van der Waals surface area contributed by atoms with Crippen molar-refractivity contribution in [3.05, 3.63) is 23.8 Å². The van der Waals surface area contributed by atoms with Crippen LogP contribution in [0.5, 0.6) is 0 Å². The van der Waals surface area contributed by atoms with Gasteiger partial charge in [-0.25, -0.2) is 8.42 Å². The third-order valence-electron chi connectivity index (χ3n) is 2.22. The predicted molar refractivity (Wildman–Crippen MR) is 53.9 cm³/mol. The Balaban J connectivity index is 0.000000980. The van der Waals surface area contributed by atoms with Gasteiger partial charge in [0, 0.05) is 19.9 Å². The topological polar surface area (TPSA) is 46.2 Å². The molecule has 0 atom stereocenters. The molecule has 13 heavy (non-hydrogen) atoms. The summed E-state index contributed by atoms with van der Waals surface area (Å²) < 4.78 is 22.4. The Kier molecular flexibility index (Phi) is 1.80. The van der Waals surface area contributed by atoms with Crippen molar-refractivity contribution in [2.24, 2.45) is 0 Å². The number of hydrogen-bond acceptors (Lipinski definition) is 3. The van der Waals surface area contributed by atoms with E-state index in [0.717, 1.165) is 18.7 Å². The minimum absolute atomic E-state index is 0. The van der Waals surface area contributed by atoms with Crippen molar-refractivity contribution in [1.29, 1.82) is 0 Å². The van der Waals surface area contributed by atoms with Gasteiger partial charge in [-0.15, -0.1) is 0 Å². The molecule has 0 aliphatic carbocycles. The summed E-state index contributed by atoms with van der Waals surface area (Å²) in [6.45, 7) is 0.905. The third kappa shape index (κ3) is 1.54. The van der Waals surface area contributed by atoms with E-state index in [2.05, 4.69) is 5.32 Å². The van der Waals surface area contributed by atoms with Crippen molar-refractivity contribution in [3.8, 4) is 0 Å². The summed E-state index contributed by atoms with van der Waals surface area (Å²) in [4.78, 5) is 0.389. The van der Waals surface area contributed by atoms with Crippen LogP contribution in [0.15, 0.2) is 23.1 Å². The van der Waals surface area contributed by atoms with Gasteiger partial charge in [-0.3, -0.25) is 0 Å². The van der Waals surface area contributed by atoms with Crippen LogP contribution >= 0.6 is 0 Å². The van der Waals surface area contributed by atoms with Crippen molar-refractivity contribution in [3.63, 3.8) is 0 Å². The first-order valence-electron chi connectivity index (χ1n) is 4.14. The molecule has 3 nitrogen and oxygen atoms in total. The lowest BCUT2D eigenvalue weighted by molar-refractivity contribution is 0.602. The highest BCUT2D eigenvalue weighted by atomic mass is 32.2. The maximum Gasteiger partial charge on any atom is 0.175 e.